The van der Waals surface area contributed by atoms with Crippen LogP contribution in [0.2, 0.25) is 0 Å². The highest BCUT2D eigenvalue weighted by molar-refractivity contribution is 5.41. The molecule has 2 aromatic rings. The standard InChI is InChI=1S/C7H9N3O/c1-2-11-7-5-6-8-3-4-10(6)9-7/h3-5,9H,2H2,1H3. The molecule has 2 aromatic heterocycles. The summed E-state index contributed by atoms with van der Waals surface area (Å²) < 4.78 is 7.04. The molecule has 0 aliphatic carbocycles. The molecule has 0 saturated heterocycles. The third kappa shape index (κ3) is 0.960. The van der Waals surface area contributed by atoms with Crippen LogP contribution in [-0.2, 0) is 0 Å². The number of ether oxygens (including phenoxy) is 1. The summed E-state index contributed by atoms with van der Waals surface area (Å²) >= 11 is 0. The van der Waals surface area contributed by atoms with Crippen molar-refractivity contribution in [2.24, 2.45) is 0 Å². The van der Waals surface area contributed by atoms with Gasteiger partial charge in [0, 0.05) is 18.5 Å². The summed E-state index contributed by atoms with van der Waals surface area (Å²) in [5, 5.41) is 3.01. The first-order valence-electron chi connectivity index (χ1n) is 3.55. The SMILES string of the molecule is CCOc1cc2nccn2[nH]1. The fourth-order valence-electron chi connectivity index (χ4n) is 1.01. The molecule has 0 aromatic carbocycles. The molecule has 0 aliphatic rings. The second-order valence-corrected chi connectivity index (χ2v) is 2.21. The number of H-pyrrole nitrogens is 1. The van der Waals surface area contributed by atoms with E-state index in [1.165, 1.54) is 0 Å². The van der Waals surface area contributed by atoms with Crippen molar-refractivity contribution in [3.05, 3.63) is 18.5 Å². The van der Waals surface area contributed by atoms with E-state index in [4.69, 9.17) is 4.74 Å². The van der Waals surface area contributed by atoms with Crippen LogP contribution in [0.15, 0.2) is 18.5 Å². The number of hydrogen-bond donors (Lipinski definition) is 1. The van der Waals surface area contributed by atoms with Crippen LogP contribution in [0.4, 0.5) is 0 Å². The zero-order chi connectivity index (χ0) is 7.68. The Morgan fingerprint density at radius 2 is 2.64 bits per heavy atom. The molecule has 0 radical (unpaired) electrons. The number of nitrogens with zero attached hydrogens (tertiary/aromatic N) is 2. The lowest BCUT2D eigenvalue weighted by atomic mass is 10.6. The van der Waals surface area contributed by atoms with Crippen LogP contribution in [-0.4, -0.2) is 21.2 Å². The fraction of sp³-hybridized carbons (Fsp3) is 0.286. The normalized spacial score (nSPS) is 10.6. The topological polar surface area (TPSA) is 42.3 Å². The Balaban J connectivity index is 2.42. The molecular weight excluding hydrogens is 142 g/mol. The molecular formula is C7H9N3O. The predicted octanol–water partition coefficient (Wildman–Crippen LogP) is 1.06. The second-order valence-electron chi connectivity index (χ2n) is 2.21. The van der Waals surface area contributed by atoms with Crippen LogP contribution >= 0.6 is 0 Å². The van der Waals surface area contributed by atoms with Crippen LogP contribution in [0.25, 0.3) is 5.65 Å². The summed E-state index contributed by atoms with van der Waals surface area (Å²) in [7, 11) is 0. The van der Waals surface area contributed by atoms with Crippen molar-refractivity contribution in [3.63, 3.8) is 0 Å². The van der Waals surface area contributed by atoms with E-state index in [-0.39, 0.29) is 0 Å². The van der Waals surface area contributed by atoms with Crippen LogP contribution in [0.3, 0.4) is 0 Å². The summed E-state index contributed by atoms with van der Waals surface area (Å²) in [6, 6.07) is 1.86. The lowest BCUT2D eigenvalue weighted by Crippen LogP contribution is -1.91. The monoisotopic (exact) mass is 151 g/mol. The van der Waals surface area contributed by atoms with Crippen molar-refractivity contribution in [2.45, 2.75) is 6.92 Å². The number of aromatic amines is 1. The van der Waals surface area contributed by atoms with Crippen molar-refractivity contribution in [1.82, 2.24) is 14.6 Å². The van der Waals surface area contributed by atoms with Crippen molar-refractivity contribution in [1.29, 1.82) is 0 Å². The number of aromatic nitrogens is 3. The number of rotatable bonds is 2. The van der Waals surface area contributed by atoms with Gasteiger partial charge in [-0.05, 0) is 6.92 Å². The Hall–Kier alpha value is -1.45. The molecule has 1 N–H and O–H groups in total. The van der Waals surface area contributed by atoms with Gasteiger partial charge in [0.05, 0.1) is 6.61 Å². The maximum absolute atomic E-state index is 5.23. The lowest BCUT2D eigenvalue weighted by Gasteiger charge is -1.94. The second kappa shape index (κ2) is 2.30. The largest absolute Gasteiger partial charge is 0.478 e. The average molecular weight is 151 g/mol. The highest BCUT2D eigenvalue weighted by Gasteiger charge is 1.98. The minimum atomic E-state index is 0.670. The first-order valence-corrected chi connectivity index (χ1v) is 3.55. The molecule has 2 heterocycles. The average Bonchev–Trinajstić information content (AvgIpc) is 2.46. The molecule has 0 atom stereocenters. The van der Waals surface area contributed by atoms with Gasteiger partial charge < -0.3 is 4.74 Å². The summed E-state index contributed by atoms with van der Waals surface area (Å²) in [5.41, 5.74) is 0.883. The Labute approximate surface area is 63.8 Å². The quantitative estimate of drug-likeness (QED) is 0.697. The van der Waals surface area contributed by atoms with Crippen molar-refractivity contribution in [2.75, 3.05) is 6.61 Å². The van der Waals surface area contributed by atoms with Crippen LogP contribution in [0.1, 0.15) is 6.92 Å². The zero-order valence-corrected chi connectivity index (χ0v) is 6.24. The summed E-state index contributed by atoms with van der Waals surface area (Å²) in [5.74, 6) is 0.760. The van der Waals surface area contributed by atoms with Gasteiger partial charge >= 0.3 is 0 Å². The van der Waals surface area contributed by atoms with E-state index in [2.05, 4.69) is 10.1 Å². The van der Waals surface area contributed by atoms with Gasteiger partial charge in [0.1, 0.15) is 0 Å². The van der Waals surface area contributed by atoms with Crippen LogP contribution in [0, 0.1) is 0 Å². The fourth-order valence-corrected chi connectivity index (χ4v) is 1.01. The first kappa shape index (κ1) is 6.27. The van der Waals surface area contributed by atoms with E-state index >= 15 is 0 Å². The molecule has 4 nitrogen and oxygen atoms in total. The number of fused-ring (bicyclic) bond motifs is 1. The predicted molar refractivity (Wildman–Crippen MR) is 40.7 cm³/mol. The maximum atomic E-state index is 5.23. The molecule has 58 valence electrons. The molecule has 0 aliphatic heterocycles. The molecule has 0 saturated carbocycles. The molecule has 0 bridgehead atoms. The van der Waals surface area contributed by atoms with Gasteiger partial charge in [-0.15, -0.1) is 0 Å². The number of nitrogens with one attached hydrogen (secondary N) is 1. The van der Waals surface area contributed by atoms with Gasteiger partial charge in [-0.2, -0.15) is 0 Å². The van der Waals surface area contributed by atoms with E-state index in [1.807, 2.05) is 23.7 Å². The summed E-state index contributed by atoms with van der Waals surface area (Å²) in [4.78, 5) is 4.07. The van der Waals surface area contributed by atoms with Gasteiger partial charge in [-0.25, -0.2) is 9.50 Å². The highest BCUT2D eigenvalue weighted by atomic mass is 16.5. The van der Waals surface area contributed by atoms with Crippen LogP contribution in [0.5, 0.6) is 5.88 Å². The van der Waals surface area contributed by atoms with Gasteiger partial charge in [0.15, 0.2) is 5.65 Å². The minimum Gasteiger partial charge on any atom is -0.478 e. The summed E-state index contributed by atoms with van der Waals surface area (Å²) in [6.07, 6.45) is 3.58. The van der Waals surface area contributed by atoms with Gasteiger partial charge in [0.25, 0.3) is 0 Å². The lowest BCUT2D eigenvalue weighted by molar-refractivity contribution is 0.325. The molecule has 0 amide bonds. The maximum Gasteiger partial charge on any atom is 0.209 e. The number of hydrogen-bond acceptors (Lipinski definition) is 2. The van der Waals surface area contributed by atoms with E-state index in [0.717, 1.165) is 11.5 Å². The Bertz CT molecular complexity index is 321. The zero-order valence-electron chi connectivity index (χ0n) is 6.24. The molecule has 2 rings (SSSR count). The van der Waals surface area contributed by atoms with Crippen LogP contribution < -0.4 is 4.74 Å². The highest BCUT2D eigenvalue weighted by Crippen LogP contribution is 2.10. The Morgan fingerprint density at radius 1 is 1.73 bits per heavy atom. The van der Waals surface area contributed by atoms with Gasteiger partial charge in [-0.1, -0.05) is 0 Å². The van der Waals surface area contributed by atoms with E-state index in [9.17, 15) is 0 Å². The van der Waals surface area contributed by atoms with Crippen molar-refractivity contribution < 1.29 is 4.74 Å². The molecule has 4 heteroatoms. The third-order valence-electron chi connectivity index (χ3n) is 1.46. The summed E-state index contributed by atoms with van der Waals surface area (Å²) in [6.45, 7) is 2.62. The van der Waals surface area contributed by atoms with Crippen molar-refractivity contribution >= 4 is 5.65 Å². The van der Waals surface area contributed by atoms with Crippen molar-refractivity contribution in [3.8, 4) is 5.88 Å². The van der Waals surface area contributed by atoms with E-state index in [0.29, 0.717) is 6.61 Å². The smallest absolute Gasteiger partial charge is 0.209 e. The molecule has 11 heavy (non-hydrogen) atoms. The number of imidazole rings is 1. The van der Waals surface area contributed by atoms with Gasteiger partial charge in [0.2, 0.25) is 5.88 Å². The molecule has 0 spiro atoms. The Morgan fingerprint density at radius 3 is 3.36 bits per heavy atom. The Kier molecular flexibility index (Phi) is 1.31. The minimum absolute atomic E-state index is 0.670. The molecule has 0 fully saturated rings. The molecule has 0 unspecified atom stereocenters. The van der Waals surface area contributed by atoms with E-state index in [1.54, 1.807) is 6.20 Å². The first-order chi connectivity index (χ1) is 5.40. The third-order valence-corrected chi connectivity index (χ3v) is 1.46. The van der Waals surface area contributed by atoms with E-state index < -0.39 is 0 Å². The van der Waals surface area contributed by atoms with Gasteiger partial charge in [-0.3, -0.25) is 5.10 Å².